The molecular formula is C83H97BBr2Cl3FN18O12. The third-order valence-electron chi connectivity index (χ3n) is 17.8. The molecule has 0 amide bonds. The van der Waals surface area contributed by atoms with Gasteiger partial charge in [-0.3, -0.25) is 4.39 Å². The number of aromatic hydroxyl groups is 1. The Labute approximate surface area is 728 Å². The number of aromatic nitrogens is 12. The maximum Gasteiger partial charge on any atom is 0.494 e. The van der Waals surface area contributed by atoms with E-state index in [-0.39, 0.29) is 5.75 Å². The van der Waals surface area contributed by atoms with Crippen molar-refractivity contribution in [2.75, 3.05) is 113 Å². The summed E-state index contributed by atoms with van der Waals surface area (Å²) in [7, 11) is 3.05. The van der Waals surface area contributed by atoms with Crippen LogP contribution in [0.15, 0.2) is 186 Å². The first-order chi connectivity index (χ1) is 57.5. The Morgan fingerprint density at radius 1 is 0.567 bits per heavy atom. The summed E-state index contributed by atoms with van der Waals surface area (Å²) in [6, 6.07) is 46.3. The summed E-state index contributed by atoms with van der Waals surface area (Å²) in [5.74, 6) is 2.94. The molecule has 3 aliphatic rings. The van der Waals surface area contributed by atoms with Gasteiger partial charge in [0.15, 0.2) is 0 Å². The van der Waals surface area contributed by atoms with E-state index in [0.29, 0.717) is 81.7 Å². The Bertz CT molecular complexity index is 5500. The Morgan fingerprint density at radius 2 is 1.01 bits per heavy atom. The van der Waals surface area contributed by atoms with Gasteiger partial charge in [-0.05, 0) is 196 Å². The van der Waals surface area contributed by atoms with Crippen molar-refractivity contribution in [2.45, 2.75) is 98.1 Å². The lowest BCUT2D eigenvalue weighted by molar-refractivity contribution is -0.252. The van der Waals surface area contributed by atoms with Crippen molar-refractivity contribution in [2.24, 2.45) is 0 Å². The molecule has 0 saturated carbocycles. The van der Waals surface area contributed by atoms with E-state index < -0.39 is 55.3 Å². The molecule has 120 heavy (non-hydrogen) atoms. The predicted molar refractivity (Wildman–Crippen MR) is 478 cm³/mol. The van der Waals surface area contributed by atoms with Gasteiger partial charge in [-0.1, -0.05) is 78.8 Å². The van der Waals surface area contributed by atoms with Crippen LogP contribution < -0.4 is 37.4 Å². The number of hydrogen-bond donors (Lipinski definition) is 7. The molecular weight excluding hydrogens is 1740 g/mol. The molecule has 30 nitrogen and oxygen atoms in total. The minimum atomic E-state index is -1.00. The van der Waals surface area contributed by atoms with Crippen molar-refractivity contribution in [1.82, 2.24) is 59.0 Å². The van der Waals surface area contributed by atoms with Crippen LogP contribution in [0.25, 0.3) is 55.4 Å². The summed E-state index contributed by atoms with van der Waals surface area (Å²) in [4.78, 5) is 69.7. The zero-order chi connectivity index (χ0) is 87.8. The number of aromatic amines is 2. The second kappa shape index (κ2) is 43.2. The van der Waals surface area contributed by atoms with Crippen molar-refractivity contribution in [3.63, 3.8) is 0 Å². The maximum atomic E-state index is 12.4. The number of carbonyl (C=O) groups excluding carboxylic acids is 2. The van der Waals surface area contributed by atoms with Gasteiger partial charge < -0.3 is 89.4 Å². The number of nitrogens with two attached hydrogens (primary N) is 2. The average Bonchev–Trinajstić information content (AvgIpc) is 1.61. The van der Waals surface area contributed by atoms with Crippen molar-refractivity contribution in [3.05, 3.63) is 201 Å². The summed E-state index contributed by atoms with van der Waals surface area (Å²) in [6.07, 6.45) is 5.38. The van der Waals surface area contributed by atoms with Gasteiger partial charge in [-0.25, -0.2) is 48.6 Å². The largest absolute Gasteiger partial charge is 0.508 e. The van der Waals surface area contributed by atoms with E-state index in [0.717, 1.165) is 102 Å². The number of phenolic OH excluding ortho intramolecular Hbond substituents is 1. The van der Waals surface area contributed by atoms with Crippen molar-refractivity contribution in [1.29, 1.82) is 0 Å². The van der Waals surface area contributed by atoms with E-state index in [9.17, 15) is 14.0 Å². The smallest absolute Gasteiger partial charge is 0.494 e. The Morgan fingerprint density at radius 3 is 1.48 bits per heavy atom. The number of halogens is 6. The number of nitrogens with one attached hydrogen (secondary N) is 4. The molecule has 0 radical (unpaired) electrons. The van der Waals surface area contributed by atoms with Gasteiger partial charge in [0, 0.05) is 102 Å². The molecule has 3 fully saturated rings. The first-order valence-electron chi connectivity index (χ1n) is 38.1. The number of alkyl halides is 1. The molecule has 9 heterocycles. The number of hydrogen-bond acceptors (Lipinski definition) is 26. The number of nitrogens with zero attached hydrogens (tertiary/aromatic N) is 12. The molecule has 3 saturated heterocycles. The molecule has 7 aromatic carbocycles. The molecule has 0 aliphatic carbocycles. The van der Waals surface area contributed by atoms with E-state index in [4.69, 9.17) is 91.0 Å². The van der Waals surface area contributed by atoms with Crippen molar-refractivity contribution >= 4 is 182 Å². The highest BCUT2D eigenvalue weighted by atomic mass is 79.9. The molecule has 0 atom stereocenters. The first-order valence-corrected chi connectivity index (χ1v) is 40.1. The van der Waals surface area contributed by atoms with E-state index in [1.54, 1.807) is 49.1 Å². The van der Waals surface area contributed by atoms with E-state index in [2.05, 4.69) is 112 Å². The van der Waals surface area contributed by atoms with Crippen LogP contribution >= 0.6 is 66.7 Å². The number of phenols is 1. The molecule has 13 aromatic rings. The van der Waals surface area contributed by atoms with Crippen LogP contribution in [0, 0.1) is 0 Å². The summed E-state index contributed by atoms with van der Waals surface area (Å²) in [5, 5.41) is 17.4. The van der Waals surface area contributed by atoms with Crippen molar-refractivity contribution < 1.29 is 62.9 Å². The van der Waals surface area contributed by atoms with E-state index >= 15 is 0 Å². The van der Waals surface area contributed by atoms with E-state index in [1.807, 2.05) is 178 Å². The number of carbonyl (C=O) groups is 2. The lowest BCUT2D eigenvalue weighted by Gasteiger charge is -2.32. The average molecular weight is 1840 g/mol. The van der Waals surface area contributed by atoms with Crippen LogP contribution in [-0.4, -0.2) is 193 Å². The summed E-state index contributed by atoms with van der Waals surface area (Å²) in [6.45, 7) is 24.3. The topological polar surface area (TPSA) is 365 Å². The lowest BCUT2D eigenvalue weighted by atomic mass is 9.79. The van der Waals surface area contributed by atoms with Gasteiger partial charge in [0.25, 0.3) is 6.48 Å². The zero-order valence-electron chi connectivity index (χ0n) is 69.5. The molecule has 0 spiro atoms. The summed E-state index contributed by atoms with van der Waals surface area (Å²) < 4.78 is 67.7. The van der Waals surface area contributed by atoms with Crippen LogP contribution in [0.5, 0.6) is 5.75 Å². The van der Waals surface area contributed by atoms with Gasteiger partial charge in [0.05, 0.1) is 120 Å². The minimum Gasteiger partial charge on any atom is -0.508 e. The highest BCUT2D eigenvalue weighted by Crippen LogP contribution is 2.37. The maximum absolute atomic E-state index is 12.4. The zero-order valence-corrected chi connectivity index (χ0v) is 73.9. The number of H-pyrrole nitrogens is 2. The van der Waals surface area contributed by atoms with Crippen LogP contribution in [0.3, 0.4) is 0 Å². The fourth-order valence-electron chi connectivity index (χ4n) is 11.2. The van der Waals surface area contributed by atoms with Crippen LogP contribution in [0.2, 0.25) is 15.2 Å². The second-order valence-corrected chi connectivity index (χ2v) is 32.5. The van der Waals surface area contributed by atoms with E-state index in [1.165, 1.54) is 43.1 Å². The first kappa shape index (κ1) is 92.0. The highest BCUT2D eigenvalue weighted by Gasteiger charge is 2.52. The molecule has 0 unspecified atom stereocenters. The number of ether oxygens (including phenoxy) is 7. The monoisotopic (exact) mass is 1830 g/mol. The third kappa shape index (κ3) is 27.3. The molecule has 16 rings (SSSR count). The number of anilines is 8. The number of rotatable bonds is 11. The molecule has 6 aromatic heterocycles. The molecule has 636 valence electrons. The lowest BCUT2D eigenvalue weighted by Crippen LogP contribution is -2.41. The molecule has 37 heteroatoms. The van der Waals surface area contributed by atoms with Gasteiger partial charge in [0.1, 0.15) is 46.4 Å². The van der Waals surface area contributed by atoms with Gasteiger partial charge >= 0.3 is 19.3 Å². The Kier molecular flexibility index (Phi) is 33.1. The normalized spacial score (nSPS) is 14.1. The summed E-state index contributed by atoms with van der Waals surface area (Å²) in [5.41, 5.74) is 21.2. The predicted octanol–water partition coefficient (Wildman–Crippen LogP) is 18.0. The van der Waals surface area contributed by atoms with Crippen LogP contribution in [0.1, 0.15) is 70.6 Å². The fourth-order valence-corrected chi connectivity index (χ4v) is 12.3. The number of fused-ring (bicyclic) bond motifs is 4. The Balaban J connectivity index is 0.000000167. The number of morpholine rings is 2. The van der Waals surface area contributed by atoms with Crippen LogP contribution in [-0.2, 0) is 42.5 Å². The third-order valence-corrected chi connectivity index (χ3v) is 19.4. The van der Waals surface area contributed by atoms with Crippen molar-refractivity contribution in [3.8, 4) is 17.0 Å². The SMILES string of the molecule is CC(C)(C)OC(=O)n1cnc2ccc(B3OC(C)(C)C(C)(C)O3)cc21.CC(C)(C)OC(=O)n1cnc2ccc(Br)cc21.COC(OC)OC.Clc1ccc(Nc2cc(-c3ccc4nc[nH]c4c3)nc(N3CCOCC3)n2)cc1.Clc1ccc(Nc2cc(Cl)nc(N3CCOCC3)n2)cc1.Nc1ccc(Br)cc1N.Oc1ccc2nc[nH]c2c1.[2H]CF. The second-order valence-electron chi connectivity index (χ2n) is 29.4. The minimum absolute atomic E-state index is 0.261. The standard InChI is InChI=1S/C21H19ClN6O.C18H25BN2O4.C14H14Cl2N4O.C12H13BrN2O2.C7H6N2O.C6H7BrN2.C4H10O3.CH3F/c22-15-2-4-16(5-3-15)25-20-12-18(14-1-6-17-19(11-14)24-13-23-17)26-21(27-20)28-7-9-29-10-8-28;1-16(2,3)23-15(22)21-11-20-13-9-8-12(10-14(13)21)19-24-17(4,5)18(6,7)25-19;15-10-1-3-11(4-2-10)17-13-9-12(16)18-14(19-13)20-5-7-21-8-6-20;1-12(2,3)17-11(16)15-7-14-9-5-4-8(13)6-10(9)15;10-5-1-2-6-7(3-5)9-4-8-6;7-4-1-2-5(8)6(9)3-4;1-5-4(6-2)7-3;1-2/h1-6,11-13H,7-10H2,(H,23,24)(H,25,26,27);8-11H,1-7H3;1-4,9H,5-8H2,(H,17,18,19);4-7H,1-3H3;1-4,10H,(H,8,9);1-3H,8-9H2;4H,1-3H3;1H3/i;;;;;;;1D. The number of methoxy groups -OCH3 is 3. The highest BCUT2D eigenvalue weighted by molar-refractivity contribution is 9.10. The van der Waals surface area contributed by atoms with Gasteiger partial charge in [-0.2, -0.15) is 9.97 Å². The molecule has 0 bridgehead atoms. The van der Waals surface area contributed by atoms with Crippen LogP contribution in [0.4, 0.5) is 60.3 Å². The number of imidazole rings is 4. The molecule has 3 aliphatic heterocycles. The quantitative estimate of drug-likeness (QED) is 0.0274. The fraction of sp³-hybridized carbons (Fsp3) is 0.325. The molecule has 9 N–H and O–H groups in total. The number of benzene rings is 7. The number of nitrogen functional groups attached to an aromatic ring is 2. The van der Waals surface area contributed by atoms with Gasteiger partial charge in [0.2, 0.25) is 11.9 Å². The Hall–Kier alpha value is -10.3. The summed E-state index contributed by atoms with van der Waals surface area (Å²) >= 11 is 24.6. The van der Waals surface area contributed by atoms with Gasteiger partial charge in [-0.15, -0.1) is 0 Å².